The van der Waals surface area contributed by atoms with Gasteiger partial charge >= 0.3 is 0 Å². The van der Waals surface area contributed by atoms with Crippen molar-refractivity contribution in [2.75, 3.05) is 13.2 Å². The number of benzene rings is 2. The van der Waals surface area contributed by atoms with Crippen LogP contribution in [0.2, 0.25) is 0 Å². The highest BCUT2D eigenvalue weighted by molar-refractivity contribution is 5.36. The molecule has 0 heterocycles. The van der Waals surface area contributed by atoms with Crippen molar-refractivity contribution in [3.05, 3.63) is 71.3 Å². The quantitative estimate of drug-likeness (QED) is 0.850. The van der Waals surface area contributed by atoms with E-state index in [1.807, 2.05) is 0 Å². The van der Waals surface area contributed by atoms with Crippen molar-refractivity contribution in [2.24, 2.45) is 5.41 Å². The van der Waals surface area contributed by atoms with Crippen LogP contribution in [0.4, 0.5) is 0 Å². The van der Waals surface area contributed by atoms with E-state index in [-0.39, 0.29) is 18.1 Å². The molecule has 1 atom stereocenters. The zero-order valence-electron chi connectivity index (χ0n) is 12.5. The Morgan fingerprint density at radius 1 is 1.05 bits per heavy atom. The first kappa shape index (κ1) is 14.3. The van der Waals surface area contributed by atoms with Crippen LogP contribution in [0.3, 0.4) is 0 Å². The third-order valence-electron chi connectivity index (χ3n) is 4.61. The molecule has 1 fully saturated rings. The maximum absolute atomic E-state index is 9.53. The summed E-state index contributed by atoms with van der Waals surface area (Å²) in [6.07, 6.45) is 2.26. The number of hydrogen-bond donors (Lipinski definition) is 2. The Morgan fingerprint density at radius 2 is 1.71 bits per heavy atom. The highest BCUT2D eigenvalue weighted by Crippen LogP contribution is 2.45. The lowest BCUT2D eigenvalue weighted by Crippen LogP contribution is -2.31. The molecule has 1 aliphatic rings. The molecule has 1 saturated carbocycles. The summed E-state index contributed by atoms with van der Waals surface area (Å²) in [6, 6.07) is 19.3. The van der Waals surface area contributed by atoms with Crippen molar-refractivity contribution >= 4 is 0 Å². The smallest absolute Gasteiger partial charge is 0.0579 e. The van der Waals surface area contributed by atoms with E-state index in [2.05, 4.69) is 66.8 Å². The lowest BCUT2D eigenvalue weighted by atomic mass is 9.94. The molecule has 2 nitrogen and oxygen atoms in total. The predicted molar refractivity (Wildman–Crippen MR) is 86.2 cm³/mol. The van der Waals surface area contributed by atoms with E-state index in [9.17, 15) is 5.11 Å². The average molecular weight is 281 g/mol. The summed E-state index contributed by atoms with van der Waals surface area (Å²) in [5.74, 6) is 0. The van der Waals surface area contributed by atoms with Gasteiger partial charge in [0.2, 0.25) is 0 Å². The van der Waals surface area contributed by atoms with E-state index in [4.69, 9.17) is 0 Å². The highest BCUT2D eigenvalue weighted by Gasteiger charge is 2.42. The molecular weight excluding hydrogens is 258 g/mol. The summed E-state index contributed by atoms with van der Waals surface area (Å²) in [5.41, 5.74) is 4.01. The standard InChI is InChI=1S/C19H23NO/c1-15-7-5-6-10-17(15)18(16-8-3-2-4-9-16)20-13-19(14-21)11-12-19/h2-10,18,20-21H,11-14H2,1H3. The zero-order valence-corrected chi connectivity index (χ0v) is 12.5. The Morgan fingerprint density at radius 3 is 2.33 bits per heavy atom. The molecule has 2 aromatic rings. The minimum atomic E-state index is 0.121. The summed E-state index contributed by atoms with van der Waals surface area (Å²) >= 11 is 0. The number of rotatable bonds is 6. The SMILES string of the molecule is Cc1ccccc1C(NCC1(CO)CC1)c1ccccc1. The summed E-state index contributed by atoms with van der Waals surface area (Å²) in [5, 5.41) is 13.2. The molecule has 2 aromatic carbocycles. The van der Waals surface area contributed by atoms with Crippen LogP contribution in [0.1, 0.15) is 35.6 Å². The second-order valence-electron chi connectivity index (χ2n) is 6.24. The number of aliphatic hydroxyl groups excluding tert-OH is 1. The summed E-state index contributed by atoms with van der Waals surface area (Å²) in [7, 11) is 0. The number of aryl methyl sites for hydroxylation is 1. The van der Waals surface area contributed by atoms with Gasteiger partial charge in [0, 0.05) is 18.6 Å². The Bertz CT molecular complexity index is 590. The van der Waals surface area contributed by atoms with E-state index in [0.29, 0.717) is 0 Å². The van der Waals surface area contributed by atoms with Gasteiger partial charge in [-0.3, -0.25) is 0 Å². The fourth-order valence-corrected chi connectivity index (χ4v) is 2.85. The third kappa shape index (κ3) is 3.17. The van der Waals surface area contributed by atoms with Crippen molar-refractivity contribution in [2.45, 2.75) is 25.8 Å². The van der Waals surface area contributed by atoms with Crippen LogP contribution >= 0.6 is 0 Å². The first-order valence-corrected chi connectivity index (χ1v) is 7.69. The van der Waals surface area contributed by atoms with E-state index < -0.39 is 0 Å². The van der Waals surface area contributed by atoms with E-state index in [1.165, 1.54) is 16.7 Å². The van der Waals surface area contributed by atoms with Crippen molar-refractivity contribution in [3.63, 3.8) is 0 Å². The van der Waals surface area contributed by atoms with Gasteiger partial charge in [-0.25, -0.2) is 0 Å². The highest BCUT2D eigenvalue weighted by atomic mass is 16.3. The fraction of sp³-hybridized carbons (Fsp3) is 0.368. The minimum Gasteiger partial charge on any atom is -0.396 e. The van der Waals surface area contributed by atoms with Crippen LogP contribution in [-0.2, 0) is 0 Å². The third-order valence-corrected chi connectivity index (χ3v) is 4.61. The largest absolute Gasteiger partial charge is 0.396 e. The molecule has 2 heteroatoms. The summed E-state index contributed by atoms with van der Waals surface area (Å²) in [4.78, 5) is 0. The lowest BCUT2D eigenvalue weighted by Gasteiger charge is -2.24. The van der Waals surface area contributed by atoms with Crippen molar-refractivity contribution in [1.82, 2.24) is 5.32 Å². The van der Waals surface area contributed by atoms with Gasteiger partial charge in [0.1, 0.15) is 0 Å². The molecule has 0 bridgehead atoms. The topological polar surface area (TPSA) is 32.3 Å². The maximum Gasteiger partial charge on any atom is 0.0579 e. The molecule has 1 aliphatic carbocycles. The molecule has 0 spiro atoms. The number of aliphatic hydroxyl groups is 1. The number of nitrogens with one attached hydrogen (secondary N) is 1. The second kappa shape index (κ2) is 6.00. The van der Waals surface area contributed by atoms with Crippen LogP contribution in [0.25, 0.3) is 0 Å². The fourth-order valence-electron chi connectivity index (χ4n) is 2.85. The minimum absolute atomic E-state index is 0.121. The molecule has 110 valence electrons. The van der Waals surface area contributed by atoms with Crippen LogP contribution in [0.15, 0.2) is 54.6 Å². The molecule has 0 aromatic heterocycles. The maximum atomic E-state index is 9.53. The summed E-state index contributed by atoms with van der Waals surface area (Å²) in [6.45, 7) is 3.32. The number of hydrogen-bond acceptors (Lipinski definition) is 2. The van der Waals surface area contributed by atoms with E-state index >= 15 is 0 Å². The van der Waals surface area contributed by atoms with Gasteiger partial charge in [-0.15, -0.1) is 0 Å². The molecule has 0 amide bonds. The molecule has 0 radical (unpaired) electrons. The molecular formula is C19H23NO. The summed E-state index contributed by atoms with van der Waals surface area (Å²) < 4.78 is 0. The molecule has 3 rings (SSSR count). The molecule has 21 heavy (non-hydrogen) atoms. The molecule has 0 aliphatic heterocycles. The van der Waals surface area contributed by atoms with Crippen LogP contribution < -0.4 is 5.32 Å². The predicted octanol–water partition coefficient (Wildman–Crippen LogP) is 3.45. The Balaban J connectivity index is 1.86. The van der Waals surface area contributed by atoms with Crippen LogP contribution in [0.5, 0.6) is 0 Å². The van der Waals surface area contributed by atoms with Crippen molar-refractivity contribution in [3.8, 4) is 0 Å². The van der Waals surface area contributed by atoms with Gasteiger partial charge in [0.25, 0.3) is 0 Å². The van der Waals surface area contributed by atoms with Gasteiger partial charge in [-0.2, -0.15) is 0 Å². The van der Waals surface area contributed by atoms with Gasteiger partial charge in [0.15, 0.2) is 0 Å². The first-order chi connectivity index (χ1) is 10.2. The van der Waals surface area contributed by atoms with Crippen LogP contribution in [0, 0.1) is 12.3 Å². The van der Waals surface area contributed by atoms with Gasteiger partial charge in [0.05, 0.1) is 6.04 Å². The van der Waals surface area contributed by atoms with Gasteiger partial charge in [-0.1, -0.05) is 54.6 Å². The Labute approximate surface area is 126 Å². The van der Waals surface area contributed by atoms with E-state index in [1.54, 1.807) is 0 Å². The Hall–Kier alpha value is -1.64. The monoisotopic (exact) mass is 281 g/mol. The van der Waals surface area contributed by atoms with Crippen molar-refractivity contribution < 1.29 is 5.11 Å². The van der Waals surface area contributed by atoms with Crippen molar-refractivity contribution in [1.29, 1.82) is 0 Å². The van der Waals surface area contributed by atoms with E-state index in [0.717, 1.165) is 19.4 Å². The normalized spacial score (nSPS) is 17.4. The second-order valence-corrected chi connectivity index (χ2v) is 6.24. The zero-order chi connectivity index (χ0) is 14.7. The molecule has 1 unspecified atom stereocenters. The van der Waals surface area contributed by atoms with Gasteiger partial charge in [-0.05, 0) is 36.5 Å². The Kier molecular flexibility index (Phi) is 4.09. The average Bonchev–Trinajstić information content (AvgIpc) is 3.31. The first-order valence-electron chi connectivity index (χ1n) is 7.69. The lowest BCUT2D eigenvalue weighted by molar-refractivity contribution is 0.205. The molecule has 0 saturated heterocycles. The van der Waals surface area contributed by atoms with Crippen LogP contribution in [-0.4, -0.2) is 18.3 Å². The van der Waals surface area contributed by atoms with Gasteiger partial charge < -0.3 is 10.4 Å². The molecule has 2 N–H and O–H groups in total.